The maximum atomic E-state index is 6.07. The lowest BCUT2D eigenvalue weighted by Gasteiger charge is -2.10. The van der Waals surface area contributed by atoms with Gasteiger partial charge in [0.25, 0.3) is 0 Å². The van der Waals surface area contributed by atoms with Crippen molar-refractivity contribution in [2.75, 3.05) is 0 Å². The van der Waals surface area contributed by atoms with Crippen molar-refractivity contribution in [1.82, 2.24) is 9.97 Å². The molecule has 0 fully saturated rings. The number of nitrogens with zero attached hydrogens (tertiary/aromatic N) is 2. The Kier molecular flexibility index (Phi) is 4.15. The Morgan fingerprint density at radius 3 is 2.83 bits per heavy atom. The Morgan fingerprint density at radius 1 is 1.28 bits per heavy atom. The van der Waals surface area contributed by atoms with Gasteiger partial charge >= 0.3 is 0 Å². The van der Waals surface area contributed by atoms with Gasteiger partial charge in [-0.1, -0.05) is 37.1 Å². The van der Waals surface area contributed by atoms with Gasteiger partial charge < -0.3 is 4.74 Å². The molecule has 0 N–H and O–H groups in total. The van der Waals surface area contributed by atoms with Gasteiger partial charge in [-0.3, -0.25) is 0 Å². The van der Waals surface area contributed by atoms with Crippen molar-refractivity contribution in [1.29, 1.82) is 0 Å². The molecule has 2 aromatic rings. The van der Waals surface area contributed by atoms with Crippen LogP contribution >= 0.6 is 11.6 Å². The number of rotatable bonds is 4. The zero-order valence-corrected chi connectivity index (χ0v) is 11.2. The summed E-state index contributed by atoms with van der Waals surface area (Å²) in [6.07, 6.45) is 3.20. The topological polar surface area (TPSA) is 35.0 Å². The highest BCUT2D eigenvalue weighted by Gasteiger charge is 2.11. The van der Waals surface area contributed by atoms with Crippen molar-refractivity contribution < 1.29 is 4.74 Å². The van der Waals surface area contributed by atoms with Crippen LogP contribution in [0.3, 0.4) is 0 Å². The molecule has 3 nitrogen and oxygen atoms in total. The first-order valence-corrected chi connectivity index (χ1v) is 6.32. The summed E-state index contributed by atoms with van der Waals surface area (Å²) in [6, 6.07) is 7.84. The quantitative estimate of drug-likeness (QED) is 0.775. The second kappa shape index (κ2) is 5.83. The Labute approximate surface area is 112 Å². The summed E-state index contributed by atoms with van der Waals surface area (Å²) >= 11 is 6.07. The number of halogens is 1. The third-order valence-electron chi connectivity index (χ3n) is 2.56. The Hall–Kier alpha value is -1.61. The number of hydrogen-bond acceptors (Lipinski definition) is 3. The molecule has 0 aliphatic heterocycles. The van der Waals surface area contributed by atoms with E-state index in [0.29, 0.717) is 11.0 Å². The minimum absolute atomic E-state index is 0.467. The van der Waals surface area contributed by atoms with Crippen LogP contribution in [0, 0.1) is 6.92 Å². The zero-order chi connectivity index (χ0) is 13.0. The van der Waals surface area contributed by atoms with Crippen LogP contribution in [-0.2, 0) is 6.42 Å². The van der Waals surface area contributed by atoms with Crippen LogP contribution in [0.4, 0.5) is 0 Å². The molecule has 0 saturated heterocycles. The minimum atomic E-state index is 0.467. The molecule has 2 rings (SSSR count). The predicted octanol–water partition coefficient (Wildman–Crippen LogP) is 4.18. The van der Waals surface area contributed by atoms with Crippen LogP contribution < -0.4 is 4.74 Å². The molecule has 1 aromatic carbocycles. The maximum absolute atomic E-state index is 6.07. The standard InChI is InChI=1S/C14H15ClN2O/c1-3-5-12-13(15)16-9-17-14(12)18-11-7-4-6-10(2)8-11/h4,6-9H,3,5H2,1-2H3. The first kappa shape index (κ1) is 12.8. The summed E-state index contributed by atoms with van der Waals surface area (Å²) in [5, 5.41) is 0.467. The van der Waals surface area contributed by atoms with Crippen LogP contribution in [0.2, 0.25) is 5.15 Å². The van der Waals surface area contributed by atoms with Crippen LogP contribution in [0.25, 0.3) is 0 Å². The van der Waals surface area contributed by atoms with E-state index in [1.54, 1.807) is 0 Å². The minimum Gasteiger partial charge on any atom is -0.439 e. The van der Waals surface area contributed by atoms with Gasteiger partial charge in [-0.25, -0.2) is 9.97 Å². The van der Waals surface area contributed by atoms with Crippen molar-refractivity contribution in [2.45, 2.75) is 26.7 Å². The Morgan fingerprint density at radius 2 is 2.11 bits per heavy atom. The van der Waals surface area contributed by atoms with Gasteiger partial charge in [0.15, 0.2) is 0 Å². The molecule has 4 heteroatoms. The van der Waals surface area contributed by atoms with Crippen LogP contribution in [-0.4, -0.2) is 9.97 Å². The van der Waals surface area contributed by atoms with Crippen LogP contribution in [0.1, 0.15) is 24.5 Å². The second-order valence-electron chi connectivity index (χ2n) is 4.12. The summed E-state index contributed by atoms with van der Waals surface area (Å²) in [6.45, 7) is 4.10. The number of aryl methyl sites for hydroxylation is 1. The molecule has 0 radical (unpaired) electrons. The molecule has 1 aromatic heterocycles. The molecule has 1 heterocycles. The first-order chi connectivity index (χ1) is 8.70. The molecular formula is C14H15ClN2O. The van der Waals surface area contributed by atoms with E-state index in [1.807, 2.05) is 31.2 Å². The van der Waals surface area contributed by atoms with Gasteiger partial charge in [-0.2, -0.15) is 0 Å². The summed E-state index contributed by atoms with van der Waals surface area (Å²) < 4.78 is 5.79. The highest BCUT2D eigenvalue weighted by Crippen LogP contribution is 2.28. The summed E-state index contributed by atoms with van der Waals surface area (Å²) in [5.74, 6) is 1.31. The molecule has 0 aliphatic carbocycles. The fourth-order valence-corrected chi connectivity index (χ4v) is 1.93. The van der Waals surface area contributed by atoms with E-state index in [2.05, 4.69) is 16.9 Å². The van der Waals surface area contributed by atoms with E-state index < -0.39 is 0 Å². The fourth-order valence-electron chi connectivity index (χ4n) is 1.71. The van der Waals surface area contributed by atoms with E-state index >= 15 is 0 Å². The number of ether oxygens (including phenoxy) is 1. The molecule has 18 heavy (non-hydrogen) atoms. The monoisotopic (exact) mass is 262 g/mol. The molecule has 0 spiro atoms. The summed E-state index contributed by atoms with van der Waals surface area (Å²) in [5.41, 5.74) is 2.01. The lowest BCUT2D eigenvalue weighted by atomic mass is 10.2. The van der Waals surface area contributed by atoms with Crippen molar-refractivity contribution in [3.63, 3.8) is 0 Å². The second-order valence-corrected chi connectivity index (χ2v) is 4.47. The SMILES string of the molecule is CCCc1c(Cl)ncnc1Oc1cccc(C)c1. The lowest BCUT2D eigenvalue weighted by Crippen LogP contribution is -1.97. The fraction of sp³-hybridized carbons (Fsp3) is 0.286. The third-order valence-corrected chi connectivity index (χ3v) is 2.88. The zero-order valence-electron chi connectivity index (χ0n) is 10.5. The van der Waals surface area contributed by atoms with E-state index in [0.717, 1.165) is 29.7 Å². The molecule has 0 amide bonds. The third kappa shape index (κ3) is 2.99. The predicted molar refractivity (Wildman–Crippen MR) is 72.3 cm³/mol. The molecule has 0 aliphatic rings. The van der Waals surface area contributed by atoms with E-state index in [4.69, 9.17) is 16.3 Å². The normalized spacial score (nSPS) is 10.4. The molecule has 94 valence electrons. The van der Waals surface area contributed by atoms with Gasteiger partial charge in [-0.15, -0.1) is 0 Å². The molecule has 0 bridgehead atoms. The van der Waals surface area contributed by atoms with Gasteiger partial charge in [0, 0.05) is 0 Å². The smallest absolute Gasteiger partial charge is 0.226 e. The largest absolute Gasteiger partial charge is 0.439 e. The molecule has 0 unspecified atom stereocenters. The summed E-state index contributed by atoms with van der Waals surface area (Å²) in [4.78, 5) is 8.16. The van der Waals surface area contributed by atoms with Crippen molar-refractivity contribution in [3.05, 3.63) is 46.9 Å². The van der Waals surface area contributed by atoms with Crippen molar-refractivity contribution >= 4 is 11.6 Å². The van der Waals surface area contributed by atoms with Gasteiger partial charge in [0.05, 0.1) is 5.56 Å². The number of aromatic nitrogens is 2. The number of hydrogen-bond donors (Lipinski definition) is 0. The lowest BCUT2D eigenvalue weighted by molar-refractivity contribution is 0.453. The average Bonchev–Trinajstić information content (AvgIpc) is 2.34. The Bertz CT molecular complexity index is 543. The first-order valence-electron chi connectivity index (χ1n) is 5.94. The molecule has 0 saturated carbocycles. The van der Waals surface area contributed by atoms with Crippen LogP contribution in [0.5, 0.6) is 11.6 Å². The molecule has 0 atom stereocenters. The van der Waals surface area contributed by atoms with E-state index in [-0.39, 0.29) is 0 Å². The van der Waals surface area contributed by atoms with Gasteiger partial charge in [0.2, 0.25) is 5.88 Å². The average molecular weight is 263 g/mol. The Balaban J connectivity index is 2.31. The number of benzene rings is 1. The van der Waals surface area contributed by atoms with Crippen LogP contribution in [0.15, 0.2) is 30.6 Å². The van der Waals surface area contributed by atoms with E-state index in [1.165, 1.54) is 6.33 Å². The van der Waals surface area contributed by atoms with Crippen molar-refractivity contribution in [3.8, 4) is 11.6 Å². The maximum Gasteiger partial charge on any atom is 0.226 e. The molecular weight excluding hydrogens is 248 g/mol. The highest BCUT2D eigenvalue weighted by atomic mass is 35.5. The van der Waals surface area contributed by atoms with E-state index in [9.17, 15) is 0 Å². The van der Waals surface area contributed by atoms with Gasteiger partial charge in [-0.05, 0) is 31.0 Å². The van der Waals surface area contributed by atoms with Gasteiger partial charge in [0.1, 0.15) is 17.2 Å². The summed E-state index contributed by atoms with van der Waals surface area (Å²) in [7, 11) is 0. The van der Waals surface area contributed by atoms with Crippen molar-refractivity contribution in [2.24, 2.45) is 0 Å². The highest BCUT2D eigenvalue weighted by molar-refractivity contribution is 6.30.